The van der Waals surface area contributed by atoms with E-state index < -0.39 is 41.7 Å². The second kappa shape index (κ2) is 37.0. The summed E-state index contributed by atoms with van der Waals surface area (Å²) in [4.78, 5) is 98.1. The number of unbranched alkanes of at least 4 members (excludes halogenated alkanes) is 6. The number of ether oxygens (including phenoxy) is 11. The molecule has 0 unspecified atom stereocenters. The monoisotopic (exact) mass is 1270 g/mol. The van der Waals surface area contributed by atoms with Crippen LogP contribution in [0, 0.1) is 23.7 Å². The number of rotatable bonds is 36. The van der Waals surface area contributed by atoms with E-state index in [1.807, 2.05) is 12.1 Å². The summed E-state index contributed by atoms with van der Waals surface area (Å²) in [7, 11) is 0. The lowest BCUT2D eigenvalue weighted by Gasteiger charge is -2.26. The largest absolute Gasteiger partial charge is 0.494 e. The molecule has 5 aromatic carbocycles. The summed E-state index contributed by atoms with van der Waals surface area (Å²) in [5, 5.41) is 0. The minimum absolute atomic E-state index is 0.0761. The molecule has 1 heterocycles. The third-order valence-corrected chi connectivity index (χ3v) is 15.7. The molecule has 0 aliphatic heterocycles. The number of hydrogen-bond donors (Lipinski definition) is 0. The Bertz CT molecular complexity index is 3500. The first-order chi connectivity index (χ1) is 45.3. The standard InChI is InChI=1S/C73H80N2O18/c1-4-65(76)87-41-13-9-7-11-39-84-56-29-33-58(34-30-56)90-70(79)50-21-25-52(26-22-50)72(81)92-61-19-15-17-54(47-61)68-69(75-64-49-60(37-38-63(64)74-68)86-45-43-83-44-46-89-67(78)6-3)55-18-16-20-62(48-55)93-73(82)53-27-23-51(24-28-53)71(80)91-59-35-31-57(32-36-59)85-40-12-8-10-14-42-88-66(77)5-2/h4-6,15-20,29-38,47-53H,1-3,7-14,21-28,39-46H2. The van der Waals surface area contributed by atoms with Crippen LogP contribution in [0.5, 0.6) is 40.2 Å². The fourth-order valence-electron chi connectivity index (χ4n) is 10.6. The molecule has 1 aromatic heterocycles. The molecule has 8 rings (SSSR count). The zero-order valence-electron chi connectivity index (χ0n) is 52.3. The Hall–Kier alpha value is -9.69. The zero-order valence-corrected chi connectivity index (χ0v) is 52.3. The number of aromatic nitrogens is 2. The van der Waals surface area contributed by atoms with Crippen LogP contribution in [0.15, 0.2) is 153 Å². The summed E-state index contributed by atoms with van der Waals surface area (Å²) in [6.45, 7) is 12.6. The van der Waals surface area contributed by atoms with E-state index in [4.69, 9.17) is 62.1 Å². The van der Waals surface area contributed by atoms with Gasteiger partial charge >= 0.3 is 41.8 Å². The van der Waals surface area contributed by atoms with E-state index >= 15 is 0 Å². The fraction of sp³-hybridized carbons (Fsp3) is 0.384. The van der Waals surface area contributed by atoms with Gasteiger partial charge in [-0.15, -0.1) is 0 Å². The first kappa shape index (κ1) is 69.2. The number of fused-ring (bicyclic) bond motifs is 1. The van der Waals surface area contributed by atoms with E-state index in [1.54, 1.807) is 103 Å². The van der Waals surface area contributed by atoms with Gasteiger partial charge in [-0.1, -0.05) is 44.0 Å². The predicted molar refractivity (Wildman–Crippen MR) is 344 cm³/mol. The van der Waals surface area contributed by atoms with Gasteiger partial charge in [0.15, 0.2) is 0 Å². The van der Waals surface area contributed by atoms with Gasteiger partial charge in [0.1, 0.15) is 53.5 Å². The van der Waals surface area contributed by atoms with Crippen molar-refractivity contribution in [3.05, 3.63) is 153 Å². The zero-order chi connectivity index (χ0) is 65.6. The molecule has 93 heavy (non-hydrogen) atoms. The van der Waals surface area contributed by atoms with Gasteiger partial charge in [0, 0.05) is 35.4 Å². The van der Waals surface area contributed by atoms with Gasteiger partial charge in [0.25, 0.3) is 0 Å². The minimum atomic E-state index is -0.534. The quantitative estimate of drug-likeness (QED) is 0.0117. The van der Waals surface area contributed by atoms with E-state index in [9.17, 15) is 33.6 Å². The summed E-state index contributed by atoms with van der Waals surface area (Å²) >= 11 is 0. The predicted octanol–water partition coefficient (Wildman–Crippen LogP) is 13.1. The SMILES string of the molecule is C=CC(=O)OCCCCCCOc1ccc(OC(=O)C2CCC(C(=O)Oc3cccc(-c4nc5ccc(OCCOCCOC(=O)C=C)cc5nc4-c4cccc(OC(=O)C5CCC(C(=O)Oc6ccc(OCCCCCCOC(=O)C=C)cc6)CC5)c4)c3)CC2)cc1. The van der Waals surface area contributed by atoms with E-state index in [-0.39, 0.29) is 56.0 Å². The number of nitrogens with zero attached hydrogens (tertiary/aromatic N) is 2. The smallest absolute Gasteiger partial charge is 0.330 e. The first-order valence-corrected chi connectivity index (χ1v) is 31.8. The van der Waals surface area contributed by atoms with Crippen LogP contribution in [0.25, 0.3) is 33.5 Å². The molecule has 0 N–H and O–H groups in total. The van der Waals surface area contributed by atoms with Crippen molar-refractivity contribution in [1.82, 2.24) is 9.97 Å². The van der Waals surface area contributed by atoms with Crippen molar-refractivity contribution >= 4 is 52.8 Å². The van der Waals surface area contributed by atoms with Crippen LogP contribution in [0.3, 0.4) is 0 Å². The van der Waals surface area contributed by atoms with Gasteiger partial charge in [-0.25, -0.2) is 24.4 Å². The molecule has 2 fully saturated rings. The molecule has 0 radical (unpaired) electrons. The molecule has 2 aliphatic rings. The molecule has 0 spiro atoms. The fourth-order valence-corrected chi connectivity index (χ4v) is 10.6. The molecular formula is C73H80N2O18. The lowest BCUT2D eigenvalue weighted by molar-refractivity contribution is -0.145. The highest BCUT2D eigenvalue weighted by molar-refractivity contribution is 5.88. The highest BCUT2D eigenvalue weighted by Crippen LogP contribution is 2.38. The summed E-state index contributed by atoms with van der Waals surface area (Å²) in [5.74, 6) is -1.39. The highest BCUT2D eigenvalue weighted by atomic mass is 16.6. The summed E-state index contributed by atoms with van der Waals surface area (Å²) in [6.07, 6.45) is 13.8. The highest BCUT2D eigenvalue weighted by Gasteiger charge is 2.34. The summed E-state index contributed by atoms with van der Waals surface area (Å²) in [5.41, 5.74) is 3.11. The van der Waals surface area contributed by atoms with Crippen LogP contribution in [0.2, 0.25) is 0 Å². The Labute approximate surface area is 541 Å². The molecule has 0 amide bonds. The number of benzene rings is 5. The van der Waals surface area contributed by atoms with Crippen molar-refractivity contribution in [2.75, 3.05) is 52.9 Å². The maximum atomic E-state index is 13.8. The van der Waals surface area contributed by atoms with Crippen LogP contribution in [-0.2, 0) is 52.5 Å². The minimum Gasteiger partial charge on any atom is -0.494 e. The van der Waals surface area contributed by atoms with E-state index in [2.05, 4.69) is 19.7 Å². The molecule has 0 saturated heterocycles. The van der Waals surface area contributed by atoms with E-state index in [1.165, 1.54) is 0 Å². The van der Waals surface area contributed by atoms with Crippen molar-refractivity contribution < 1.29 is 85.7 Å². The van der Waals surface area contributed by atoms with Gasteiger partial charge < -0.3 is 52.1 Å². The maximum absolute atomic E-state index is 13.8. The molecule has 6 aromatic rings. The van der Waals surface area contributed by atoms with Gasteiger partial charge in [0.2, 0.25) is 0 Å². The van der Waals surface area contributed by atoms with Gasteiger partial charge in [0.05, 0.1) is 85.7 Å². The average molecular weight is 1270 g/mol. The Morgan fingerprint density at radius 3 is 1.11 bits per heavy atom. The van der Waals surface area contributed by atoms with Crippen LogP contribution in [0.1, 0.15) is 103 Å². The van der Waals surface area contributed by atoms with Crippen LogP contribution in [-0.4, -0.2) is 105 Å². The van der Waals surface area contributed by atoms with Crippen molar-refractivity contribution in [1.29, 1.82) is 0 Å². The Kier molecular flexibility index (Phi) is 27.5. The van der Waals surface area contributed by atoms with Gasteiger partial charge in [-0.05, 0) is 188 Å². The van der Waals surface area contributed by atoms with E-state index in [0.717, 1.165) is 69.6 Å². The molecule has 0 bridgehead atoms. The second-order valence-electron chi connectivity index (χ2n) is 22.5. The van der Waals surface area contributed by atoms with E-state index in [0.29, 0.717) is 146 Å². The molecular weight excluding hydrogens is 1190 g/mol. The summed E-state index contributed by atoms with van der Waals surface area (Å²) in [6, 6.07) is 33.2. The van der Waals surface area contributed by atoms with Gasteiger partial charge in [-0.3, -0.25) is 19.2 Å². The maximum Gasteiger partial charge on any atom is 0.330 e. The molecule has 20 nitrogen and oxygen atoms in total. The lowest BCUT2D eigenvalue weighted by Crippen LogP contribution is -2.30. The molecule has 490 valence electrons. The number of hydrogen-bond acceptors (Lipinski definition) is 20. The number of esters is 7. The van der Waals surface area contributed by atoms with Crippen molar-refractivity contribution in [2.24, 2.45) is 23.7 Å². The number of carbonyl (C=O) groups excluding carboxylic acids is 7. The van der Waals surface area contributed by atoms with Crippen molar-refractivity contribution in [3.8, 4) is 62.8 Å². The summed E-state index contributed by atoms with van der Waals surface area (Å²) < 4.78 is 61.8. The topological polar surface area (TPSA) is 247 Å². The Balaban J connectivity index is 0.851. The molecule has 2 saturated carbocycles. The Morgan fingerprint density at radius 2 is 0.688 bits per heavy atom. The van der Waals surface area contributed by atoms with Gasteiger partial charge in [-0.2, -0.15) is 0 Å². The first-order valence-electron chi connectivity index (χ1n) is 31.8. The lowest BCUT2D eigenvalue weighted by atomic mass is 9.82. The van der Waals surface area contributed by atoms with Crippen molar-refractivity contribution in [3.63, 3.8) is 0 Å². The third kappa shape index (κ3) is 22.6. The van der Waals surface area contributed by atoms with Crippen LogP contribution < -0.4 is 33.2 Å². The molecule has 0 atom stereocenters. The third-order valence-electron chi connectivity index (χ3n) is 15.7. The van der Waals surface area contributed by atoms with Crippen molar-refractivity contribution in [2.45, 2.75) is 103 Å². The Morgan fingerprint density at radius 1 is 0.344 bits per heavy atom. The number of carbonyl (C=O) groups is 7. The normalized spacial score (nSPS) is 15.9. The molecule has 2 aliphatic carbocycles. The molecule has 20 heteroatoms. The van der Waals surface area contributed by atoms with Crippen LogP contribution in [0.4, 0.5) is 0 Å². The average Bonchev–Trinajstić information content (AvgIpc) is 0.898. The second-order valence-corrected chi connectivity index (χ2v) is 22.5. The van der Waals surface area contributed by atoms with Crippen LogP contribution >= 0.6 is 0 Å².